The second-order valence-corrected chi connectivity index (χ2v) is 6.07. The van der Waals surface area contributed by atoms with E-state index >= 15 is 0 Å². The molecule has 0 radical (unpaired) electrons. The Bertz CT molecular complexity index is 958. The SMILES string of the molecule is CC(=O)Nc1cccc(NC(=O)CNc2ccccc2Oc2ccccc2)c1. The lowest BCUT2D eigenvalue weighted by Gasteiger charge is -2.13. The van der Waals surface area contributed by atoms with Crippen LogP contribution in [-0.2, 0) is 9.59 Å². The van der Waals surface area contributed by atoms with Crippen molar-refractivity contribution in [1.82, 2.24) is 0 Å². The average molecular weight is 375 g/mol. The third kappa shape index (κ3) is 5.60. The fourth-order valence-corrected chi connectivity index (χ4v) is 2.58. The van der Waals surface area contributed by atoms with Gasteiger partial charge in [-0.15, -0.1) is 0 Å². The summed E-state index contributed by atoms with van der Waals surface area (Å²) in [5.41, 5.74) is 1.94. The zero-order valence-electron chi connectivity index (χ0n) is 15.4. The first-order valence-corrected chi connectivity index (χ1v) is 8.83. The fourth-order valence-electron chi connectivity index (χ4n) is 2.58. The highest BCUT2D eigenvalue weighted by molar-refractivity contribution is 5.95. The van der Waals surface area contributed by atoms with Gasteiger partial charge in [-0.05, 0) is 42.5 Å². The Labute approximate surface area is 163 Å². The van der Waals surface area contributed by atoms with E-state index < -0.39 is 0 Å². The number of hydrogen-bond acceptors (Lipinski definition) is 4. The minimum absolute atomic E-state index is 0.0690. The van der Waals surface area contributed by atoms with Crippen LogP contribution in [0, 0.1) is 0 Å². The molecule has 0 unspecified atom stereocenters. The molecule has 28 heavy (non-hydrogen) atoms. The second-order valence-electron chi connectivity index (χ2n) is 6.07. The Balaban J connectivity index is 1.60. The summed E-state index contributed by atoms with van der Waals surface area (Å²) in [6.45, 7) is 1.50. The predicted octanol–water partition coefficient (Wildman–Crippen LogP) is 4.49. The summed E-state index contributed by atoms with van der Waals surface area (Å²) < 4.78 is 5.88. The topological polar surface area (TPSA) is 79.5 Å². The van der Waals surface area contributed by atoms with E-state index in [0.717, 1.165) is 5.75 Å². The summed E-state index contributed by atoms with van der Waals surface area (Å²) >= 11 is 0. The van der Waals surface area contributed by atoms with E-state index in [0.29, 0.717) is 22.8 Å². The highest BCUT2D eigenvalue weighted by Gasteiger charge is 2.08. The van der Waals surface area contributed by atoms with Gasteiger partial charge < -0.3 is 20.7 Å². The lowest BCUT2D eigenvalue weighted by atomic mass is 10.2. The Hall–Kier alpha value is -3.80. The maximum absolute atomic E-state index is 12.3. The van der Waals surface area contributed by atoms with Crippen LogP contribution in [0.5, 0.6) is 11.5 Å². The van der Waals surface area contributed by atoms with Crippen LogP contribution in [0.1, 0.15) is 6.92 Å². The molecule has 0 aromatic heterocycles. The smallest absolute Gasteiger partial charge is 0.243 e. The Morgan fingerprint density at radius 2 is 1.50 bits per heavy atom. The van der Waals surface area contributed by atoms with Gasteiger partial charge in [0.25, 0.3) is 0 Å². The van der Waals surface area contributed by atoms with Crippen molar-refractivity contribution < 1.29 is 14.3 Å². The standard InChI is InChI=1S/C22H21N3O3/c1-16(26)24-17-8-7-9-18(14-17)25-22(27)15-23-20-12-5-6-13-21(20)28-19-10-3-2-4-11-19/h2-14,23H,15H2,1H3,(H,24,26)(H,25,27). The summed E-state index contributed by atoms with van der Waals surface area (Å²) in [5.74, 6) is 0.972. The predicted molar refractivity (Wildman–Crippen MR) is 111 cm³/mol. The van der Waals surface area contributed by atoms with E-state index in [1.165, 1.54) is 6.92 Å². The van der Waals surface area contributed by atoms with Crippen molar-refractivity contribution in [2.24, 2.45) is 0 Å². The fraction of sp³-hybridized carbons (Fsp3) is 0.0909. The van der Waals surface area contributed by atoms with Crippen LogP contribution >= 0.6 is 0 Å². The average Bonchev–Trinajstić information content (AvgIpc) is 2.68. The van der Waals surface area contributed by atoms with Crippen LogP contribution in [0.25, 0.3) is 0 Å². The summed E-state index contributed by atoms with van der Waals surface area (Å²) in [7, 11) is 0. The van der Waals surface area contributed by atoms with Gasteiger partial charge in [0.15, 0.2) is 5.75 Å². The monoisotopic (exact) mass is 375 g/mol. The molecule has 3 rings (SSSR count). The van der Waals surface area contributed by atoms with Gasteiger partial charge in [0.1, 0.15) is 5.75 Å². The van der Waals surface area contributed by atoms with E-state index in [1.54, 1.807) is 24.3 Å². The number of anilines is 3. The van der Waals surface area contributed by atoms with E-state index in [1.807, 2.05) is 54.6 Å². The van der Waals surface area contributed by atoms with Gasteiger partial charge in [0.05, 0.1) is 12.2 Å². The van der Waals surface area contributed by atoms with Crippen molar-refractivity contribution in [3.05, 3.63) is 78.9 Å². The van der Waals surface area contributed by atoms with E-state index in [2.05, 4.69) is 16.0 Å². The molecule has 0 saturated carbocycles. The van der Waals surface area contributed by atoms with Crippen LogP contribution in [0.2, 0.25) is 0 Å². The molecular formula is C22H21N3O3. The molecule has 6 heteroatoms. The third-order valence-corrected chi connectivity index (χ3v) is 3.76. The van der Waals surface area contributed by atoms with Crippen molar-refractivity contribution in [2.45, 2.75) is 6.92 Å². The number of ether oxygens (including phenoxy) is 1. The largest absolute Gasteiger partial charge is 0.455 e. The quantitative estimate of drug-likeness (QED) is 0.569. The number of carbonyl (C=O) groups excluding carboxylic acids is 2. The van der Waals surface area contributed by atoms with E-state index in [4.69, 9.17) is 4.74 Å². The first-order valence-electron chi connectivity index (χ1n) is 8.83. The lowest BCUT2D eigenvalue weighted by molar-refractivity contribution is -0.115. The van der Waals surface area contributed by atoms with Gasteiger partial charge in [0, 0.05) is 18.3 Å². The molecule has 0 heterocycles. The molecule has 0 atom stereocenters. The summed E-state index contributed by atoms with van der Waals surface area (Å²) in [6.07, 6.45) is 0. The number of nitrogens with one attached hydrogen (secondary N) is 3. The molecule has 3 aromatic carbocycles. The molecule has 0 spiro atoms. The van der Waals surface area contributed by atoms with Crippen molar-refractivity contribution >= 4 is 28.9 Å². The number of amides is 2. The van der Waals surface area contributed by atoms with Gasteiger partial charge in [-0.3, -0.25) is 9.59 Å². The van der Waals surface area contributed by atoms with E-state index in [-0.39, 0.29) is 18.4 Å². The van der Waals surface area contributed by atoms with Crippen LogP contribution < -0.4 is 20.7 Å². The van der Waals surface area contributed by atoms with Crippen molar-refractivity contribution in [3.63, 3.8) is 0 Å². The normalized spacial score (nSPS) is 10.0. The van der Waals surface area contributed by atoms with Crippen molar-refractivity contribution in [1.29, 1.82) is 0 Å². The van der Waals surface area contributed by atoms with Gasteiger partial charge in [-0.2, -0.15) is 0 Å². The molecule has 0 aliphatic carbocycles. The number of hydrogen-bond donors (Lipinski definition) is 3. The molecule has 0 aliphatic rings. The Morgan fingerprint density at radius 3 is 2.25 bits per heavy atom. The number of para-hydroxylation sites is 3. The lowest BCUT2D eigenvalue weighted by Crippen LogP contribution is -2.22. The van der Waals surface area contributed by atoms with Gasteiger partial charge in [0.2, 0.25) is 11.8 Å². The molecule has 0 aliphatic heterocycles. The van der Waals surface area contributed by atoms with Crippen molar-refractivity contribution in [3.8, 4) is 11.5 Å². The van der Waals surface area contributed by atoms with Gasteiger partial charge in [-0.25, -0.2) is 0 Å². The molecule has 2 amide bonds. The number of carbonyl (C=O) groups is 2. The minimum Gasteiger partial charge on any atom is -0.455 e. The zero-order chi connectivity index (χ0) is 19.8. The first kappa shape index (κ1) is 19.0. The second kappa shape index (κ2) is 9.23. The third-order valence-electron chi connectivity index (χ3n) is 3.76. The maximum atomic E-state index is 12.3. The summed E-state index contributed by atoms with van der Waals surface area (Å²) in [5, 5.41) is 8.58. The summed E-state index contributed by atoms with van der Waals surface area (Å²) in [4.78, 5) is 23.4. The molecule has 0 bridgehead atoms. The molecule has 3 N–H and O–H groups in total. The van der Waals surface area contributed by atoms with Crippen LogP contribution in [0.15, 0.2) is 78.9 Å². The molecule has 142 valence electrons. The molecule has 0 fully saturated rings. The highest BCUT2D eigenvalue weighted by Crippen LogP contribution is 2.28. The Morgan fingerprint density at radius 1 is 0.821 bits per heavy atom. The zero-order valence-corrected chi connectivity index (χ0v) is 15.4. The van der Waals surface area contributed by atoms with Crippen molar-refractivity contribution in [2.75, 3.05) is 22.5 Å². The summed E-state index contributed by atoms with van der Waals surface area (Å²) in [6, 6.07) is 23.9. The maximum Gasteiger partial charge on any atom is 0.243 e. The van der Waals surface area contributed by atoms with Crippen LogP contribution in [0.3, 0.4) is 0 Å². The van der Waals surface area contributed by atoms with E-state index in [9.17, 15) is 9.59 Å². The minimum atomic E-state index is -0.213. The van der Waals surface area contributed by atoms with Crippen LogP contribution in [-0.4, -0.2) is 18.4 Å². The molecular weight excluding hydrogens is 354 g/mol. The molecule has 0 saturated heterocycles. The highest BCUT2D eigenvalue weighted by atomic mass is 16.5. The number of rotatable bonds is 7. The van der Waals surface area contributed by atoms with Crippen LogP contribution in [0.4, 0.5) is 17.1 Å². The number of benzene rings is 3. The van der Waals surface area contributed by atoms with Gasteiger partial charge >= 0.3 is 0 Å². The van der Waals surface area contributed by atoms with Gasteiger partial charge in [-0.1, -0.05) is 36.4 Å². The molecule has 6 nitrogen and oxygen atoms in total. The Kier molecular flexibility index (Phi) is 6.25. The molecule has 3 aromatic rings. The first-order chi connectivity index (χ1) is 13.6.